The van der Waals surface area contributed by atoms with Crippen LogP contribution in [-0.4, -0.2) is 28.4 Å². The Bertz CT molecular complexity index is 353. The molecule has 1 aliphatic heterocycles. The normalized spacial score (nSPS) is 17.6. The summed E-state index contributed by atoms with van der Waals surface area (Å²) in [5.41, 5.74) is 0. The smallest absolute Gasteiger partial charge is 0.198 e. The summed E-state index contributed by atoms with van der Waals surface area (Å²) >= 11 is 0. The molecule has 0 spiro atoms. The SMILES string of the molecule is CCn1ccnc1C(=O)CC1CCNCC1. The van der Waals surface area contributed by atoms with Gasteiger partial charge in [0.2, 0.25) is 0 Å². The molecule has 1 aliphatic rings. The van der Waals surface area contributed by atoms with E-state index in [1.54, 1.807) is 6.20 Å². The molecule has 16 heavy (non-hydrogen) atoms. The molecule has 0 amide bonds. The third-order valence-corrected chi connectivity index (χ3v) is 3.24. The van der Waals surface area contributed by atoms with Gasteiger partial charge in [-0.05, 0) is 38.8 Å². The summed E-state index contributed by atoms with van der Waals surface area (Å²) in [6.45, 7) is 4.93. The predicted octanol–water partition coefficient (Wildman–Crippen LogP) is 1.48. The summed E-state index contributed by atoms with van der Waals surface area (Å²) in [4.78, 5) is 16.2. The van der Waals surface area contributed by atoms with Gasteiger partial charge in [0.25, 0.3) is 0 Å². The zero-order valence-corrected chi connectivity index (χ0v) is 9.78. The number of Topliss-reactive ketones (excluding diaryl/α,β-unsaturated/α-hetero) is 1. The number of carbonyl (C=O) groups excluding carboxylic acids is 1. The lowest BCUT2D eigenvalue weighted by Crippen LogP contribution is -2.29. The molecular formula is C12H19N3O. The summed E-state index contributed by atoms with van der Waals surface area (Å²) in [7, 11) is 0. The summed E-state index contributed by atoms with van der Waals surface area (Å²) in [6.07, 6.45) is 6.45. The number of imidazole rings is 1. The molecule has 1 N–H and O–H groups in total. The molecule has 0 radical (unpaired) electrons. The van der Waals surface area contributed by atoms with Crippen LogP contribution in [-0.2, 0) is 6.54 Å². The first kappa shape index (κ1) is 11.3. The Kier molecular flexibility index (Phi) is 3.72. The number of aryl methyl sites for hydroxylation is 1. The van der Waals surface area contributed by atoms with Gasteiger partial charge in [-0.15, -0.1) is 0 Å². The van der Waals surface area contributed by atoms with Crippen LogP contribution in [0.3, 0.4) is 0 Å². The van der Waals surface area contributed by atoms with Crippen LogP contribution < -0.4 is 5.32 Å². The van der Waals surface area contributed by atoms with Crippen LogP contribution in [0, 0.1) is 5.92 Å². The molecule has 2 rings (SSSR count). The van der Waals surface area contributed by atoms with Crippen LogP contribution in [0.1, 0.15) is 36.8 Å². The number of rotatable bonds is 4. The third-order valence-electron chi connectivity index (χ3n) is 3.24. The molecule has 2 heterocycles. The van der Waals surface area contributed by atoms with Crippen LogP contribution in [0.4, 0.5) is 0 Å². The molecule has 88 valence electrons. The Balaban J connectivity index is 1.96. The van der Waals surface area contributed by atoms with Gasteiger partial charge in [-0.2, -0.15) is 0 Å². The van der Waals surface area contributed by atoms with E-state index in [4.69, 9.17) is 0 Å². The molecule has 0 atom stereocenters. The lowest BCUT2D eigenvalue weighted by molar-refractivity contribution is 0.0938. The number of hydrogen-bond donors (Lipinski definition) is 1. The molecule has 0 aliphatic carbocycles. The molecule has 1 aromatic rings. The van der Waals surface area contributed by atoms with Crippen LogP contribution in [0.2, 0.25) is 0 Å². The largest absolute Gasteiger partial charge is 0.329 e. The average molecular weight is 221 g/mol. The number of aromatic nitrogens is 2. The van der Waals surface area contributed by atoms with E-state index in [0.717, 1.165) is 32.5 Å². The fourth-order valence-electron chi connectivity index (χ4n) is 2.26. The van der Waals surface area contributed by atoms with Crippen molar-refractivity contribution in [1.82, 2.24) is 14.9 Å². The summed E-state index contributed by atoms with van der Waals surface area (Å²) in [5.74, 6) is 1.36. The van der Waals surface area contributed by atoms with Gasteiger partial charge < -0.3 is 9.88 Å². The van der Waals surface area contributed by atoms with Crippen molar-refractivity contribution >= 4 is 5.78 Å². The third kappa shape index (κ3) is 2.50. The van der Waals surface area contributed by atoms with Gasteiger partial charge in [-0.1, -0.05) is 0 Å². The summed E-state index contributed by atoms with van der Waals surface area (Å²) in [5, 5.41) is 3.31. The number of ketones is 1. The summed E-state index contributed by atoms with van der Waals surface area (Å²) < 4.78 is 1.92. The first-order valence-corrected chi connectivity index (χ1v) is 6.06. The Morgan fingerprint density at radius 3 is 3.00 bits per heavy atom. The molecule has 0 saturated carbocycles. The highest BCUT2D eigenvalue weighted by Gasteiger charge is 2.20. The predicted molar refractivity (Wildman–Crippen MR) is 62.4 cm³/mol. The highest BCUT2D eigenvalue weighted by Crippen LogP contribution is 2.18. The van der Waals surface area contributed by atoms with E-state index in [1.165, 1.54) is 0 Å². The van der Waals surface area contributed by atoms with E-state index < -0.39 is 0 Å². The van der Waals surface area contributed by atoms with Gasteiger partial charge in [-0.25, -0.2) is 4.98 Å². The molecule has 1 saturated heterocycles. The topological polar surface area (TPSA) is 46.9 Å². The van der Waals surface area contributed by atoms with Crippen molar-refractivity contribution in [3.63, 3.8) is 0 Å². The monoisotopic (exact) mass is 221 g/mol. The number of carbonyl (C=O) groups is 1. The first-order valence-electron chi connectivity index (χ1n) is 6.06. The maximum absolute atomic E-state index is 12.0. The second-order valence-corrected chi connectivity index (χ2v) is 4.36. The molecule has 4 nitrogen and oxygen atoms in total. The van der Waals surface area contributed by atoms with E-state index >= 15 is 0 Å². The van der Waals surface area contributed by atoms with E-state index in [1.807, 2.05) is 17.7 Å². The van der Waals surface area contributed by atoms with Crippen LogP contribution >= 0.6 is 0 Å². The quantitative estimate of drug-likeness (QED) is 0.783. The molecular weight excluding hydrogens is 202 g/mol. The van der Waals surface area contributed by atoms with Crippen LogP contribution in [0.15, 0.2) is 12.4 Å². The van der Waals surface area contributed by atoms with E-state index in [0.29, 0.717) is 18.2 Å². The van der Waals surface area contributed by atoms with Crippen molar-refractivity contribution in [2.75, 3.05) is 13.1 Å². The average Bonchev–Trinajstić information content (AvgIpc) is 2.78. The number of nitrogens with zero attached hydrogens (tertiary/aromatic N) is 2. The zero-order chi connectivity index (χ0) is 11.4. The molecule has 0 unspecified atom stereocenters. The lowest BCUT2D eigenvalue weighted by Gasteiger charge is -2.21. The summed E-state index contributed by atoms with van der Waals surface area (Å²) in [6, 6.07) is 0. The highest BCUT2D eigenvalue weighted by atomic mass is 16.1. The lowest BCUT2D eigenvalue weighted by atomic mass is 9.92. The van der Waals surface area contributed by atoms with Gasteiger partial charge in [0, 0.05) is 25.4 Å². The minimum atomic E-state index is 0.193. The molecule has 1 fully saturated rings. The van der Waals surface area contributed by atoms with E-state index in [2.05, 4.69) is 10.3 Å². The van der Waals surface area contributed by atoms with Crippen molar-refractivity contribution in [3.8, 4) is 0 Å². The van der Waals surface area contributed by atoms with Gasteiger partial charge in [0.05, 0.1) is 0 Å². The van der Waals surface area contributed by atoms with Gasteiger partial charge in [0.15, 0.2) is 11.6 Å². The van der Waals surface area contributed by atoms with Gasteiger partial charge in [-0.3, -0.25) is 4.79 Å². The number of nitrogens with one attached hydrogen (secondary N) is 1. The van der Waals surface area contributed by atoms with Crippen molar-refractivity contribution in [2.24, 2.45) is 5.92 Å². The van der Waals surface area contributed by atoms with Crippen molar-refractivity contribution < 1.29 is 4.79 Å². The first-order chi connectivity index (χ1) is 7.81. The van der Waals surface area contributed by atoms with Crippen molar-refractivity contribution in [1.29, 1.82) is 0 Å². The molecule has 1 aromatic heterocycles. The fourth-order valence-corrected chi connectivity index (χ4v) is 2.26. The highest BCUT2D eigenvalue weighted by molar-refractivity contribution is 5.92. The van der Waals surface area contributed by atoms with Crippen LogP contribution in [0.25, 0.3) is 0 Å². The maximum Gasteiger partial charge on any atom is 0.198 e. The van der Waals surface area contributed by atoms with Crippen molar-refractivity contribution in [3.05, 3.63) is 18.2 Å². The molecule has 4 heteroatoms. The minimum Gasteiger partial charge on any atom is -0.329 e. The van der Waals surface area contributed by atoms with Crippen molar-refractivity contribution in [2.45, 2.75) is 32.7 Å². The second kappa shape index (κ2) is 5.25. The molecule has 0 aromatic carbocycles. The Hall–Kier alpha value is -1.16. The van der Waals surface area contributed by atoms with Gasteiger partial charge in [0.1, 0.15) is 0 Å². The Morgan fingerprint density at radius 2 is 2.31 bits per heavy atom. The zero-order valence-electron chi connectivity index (χ0n) is 9.78. The second-order valence-electron chi connectivity index (χ2n) is 4.36. The minimum absolute atomic E-state index is 0.193. The molecule has 0 bridgehead atoms. The number of hydrogen-bond acceptors (Lipinski definition) is 3. The maximum atomic E-state index is 12.0. The standard InChI is InChI=1S/C12H19N3O/c1-2-15-8-7-14-12(15)11(16)9-10-3-5-13-6-4-10/h7-8,10,13H,2-6,9H2,1H3. The fraction of sp³-hybridized carbons (Fsp3) is 0.667. The Labute approximate surface area is 96.1 Å². The Morgan fingerprint density at radius 1 is 1.56 bits per heavy atom. The van der Waals surface area contributed by atoms with E-state index in [9.17, 15) is 4.79 Å². The number of piperidine rings is 1. The van der Waals surface area contributed by atoms with E-state index in [-0.39, 0.29) is 5.78 Å². The van der Waals surface area contributed by atoms with Crippen LogP contribution in [0.5, 0.6) is 0 Å². The van der Waals surface area contributed by atoms with Gasteiger partial charge >= 0.3 is 0 Å².